The molecule has 2 aliphatic heterocycles. The highest BCUT2D eigenvalue weighted by Crippen LogP contribution is 2.59. The molecule has 7 rings (SSSR count). The summed E-state index contributed by atoms with van der Waals surface area (Å²) in [4.78, 5) is 52.4. The maximum atomic E-state index is 13.9. The van der Waals surface area contributed by atoms with Crippen molar-refractivity contribution in [1.82, 2.24) is 4.90 Å². The predicted octanol–water partition coefficient (Wildman–Crippen LogP) is 7.18. The number of nitro groups is 2. The van der Waals surface area contributed by atoms with E-state index in [0.29, 0.717) is 34.3 Å². The Balaban J connectivity index is 1.60. The third-order valence-electron chi connectivity index (χ3n) is 9.56. The number of fused-ring (bicyclic) bond motifs is 5. The van der Waals surface area contributed by atoms with Gasteiger partial charge in [0, 0.05) is 59.3 Å². The molecule has 0 saturated carbocycles. The summed E-state index contributed by atoms with van der Waals surface area (Å²) in [6.07, 6.45) is 0. The summed E-state index contributed by atoms with van der Waals surface area (Å²) in [6, 6.07) is 28.0. The molecule has 4 atom stereocenters. The number of non-ortho nitro benzene ring substituents is 2. The molecule has 0 amide bonds. The van der Waals surface area contributed by atoms with Crippen LogP contribution in [0, 0.1) is 26.1 Å². The maximum Gasteiger partial charge on any atom is 0.360 e. The Morgan fingerprint density at radius 3 is 2.14 bits per heavy atom. The van der Waals surface area contributed by atoms with Crippen LogP contribution in [-0.4, -0.2) is 27.8 Å². The van der Waals surface area contributed by atoms with Crippen LogP contribution >= 0.6 is 0 Å². The quantitative estimate of drug-likeness (QED) is 0.0822. The number of methoxy groups -OCH3 is 1. The first-order chi connectivity index (χ1) is 23.7. The molecule has 0 saturated heterocycles. The highest BCUT2D eigenvalue weighted by Gasteiger charge is 2.53. The molecule has 0 fully saturated rings. The molecule has 5 aromatic rings. The van der Waals surface area contributed by atoms with Gasteiger partial charge >= 0.3 is 11.6 Å². The van der Waals surface area contributed by atoms with Crippen molar-refractivity contribution in [1.29, 1.82) is 0 Å². The summed E-state index contributed by atoms with van der Waals surface area (Å²) in [5.74, 6) is -1.68. The second-order valence-electron chi connectivity index (χ2n) is 12.1. The van der Waals surface area contributed by atoms with Crippen LogP contribution in [0.3, 0.4) is 0 Å². The molecule has 0 radical (unpaired) electrons. The number of benzene rings is 4. The number of hydrogen-bond acceptors (Lipinski definition) is 10. The highest BCUT2D eigenvalue weighted by atomic mass is 16.6. The SMILES string of the molecule is COC(=O)C1=C(C)N(Cc2ccccc2)[C@@H]2c3c(c(=O)oc4ccc([N+](=O)[O-])cc34)N[C@@H](c3ccc([N+](=O)[O-])cc3)[C@@H]2C1c1ccccc1. The van der Waals surface area contributed by atoms with Crippen LogP contribution < -0.4 is 10.9 Å². The number of nitrogens with zero attached hydrogens (tertiary/aromatic N) is 3. The number of carbonyl (C=O) groups excluding carboxylic acids is 1. The molecule has 246 valence electrons. The average Bonchev–Trinajstić information content (AvgIpc) is 3.12. The number of rotatable bonds is 7. The lowest BCUT2D eigenvalue weighted by molar-refractivity contribution is -0.385. The van der Waals surface area contributed by atoms with Gasteiger partial charge in [-0.2, -0.15) is 0 Å². The first-order valence-electron chi connectivity index (χ1n) is 15.6. The minimum absolute atomic E-state index is 0.103. The Labute approximate surface area is 279 Å². The lowest BCUT2D eigenvalue weighted by atomic mass is 9.64. The van der Waals surface area contributed by atoms with Gasteiger partial charge in [0.15, 0.2) is 0 Å². The molecular formula is C37H30N4O8. The summed E-state index contributed by atoms with van der Waals surface area (Å²) in [6.45, 7) is 2.17. The third-order valence-corrected chi connectivity index (χ3v) is 9.56. The molecule has 1 N–H and O–H groups in total. The van der Waals surface area contributed by atoms with Gasteiger partial charge in [0.1, 0.15) is 11.3 Å². The molecule has 0 bridgehead atoms. The van der Waals surface area contributed by atoms with E-state index in [2.05, 4.69) is 10.2 Å². The van der Waals surface area contributed by atoms with E-state index in [1.807, 2.05) is 67.6 Å². The zero-order valence-corrected chi connectivity index (χ0v) is 26.4. The second-order valence-corrected chi connectivity index (χ2v) is 12.1. The fraction of sp³-hybridized carbons (Fsp3) is 0.189. The number of carbonyl (C=O) groups is 1. The number of anilines is 1. The van der Waals surface area contributed by atoms with Crippen LogP contribution in [0.2, 0.25) is 0 Å². The van der Waals surface area contributed by atoms with Gasteiger partial charge < -0.3 is 19.4 Å². The summed E-state index contributed by atoms with van der Waals surface area (Å²) in [7, 11) is 1.33. The molecule has 4 aromatic carbocycles. The second kappa shape index (κ2) is 12.4. The fourth-order valence-electron chi connectivity index (χ4n) is 7.46. The highest BCUT2D eigenvalue weighted by molar-refractivity contribution is 5.93. The first kappa shape index (κ1) is 31.3. The molecule has 1 unspecified atom stereocenters. The summed E-state index contributed by atoms with van der Waals surface area (Å²) < 4.78 is 11.2. The van der Waals surface area contributed by atoms with Gasteiger partial charge in [0.05, 0.1) is 34.6 Å². The third kappa shape index (κ3) is 5.36. The van der Waals surface area contributed by atoms with E-state index in [-0.39, 0.29) is 22.6 Å². The lowest BCUT2D eigenvalue weighted by Crippen LogP contribution is -2.49. The van der Waals surface area contributed by atoms with E-state index < -0.39 is 45.4 Å². The molecule has 0 spiro atoms. The standard InChI is InChI=1S/C37H30N4O8/c1-21-29(36(42)48-2)30(23-11-7-4-8-12-23)32-33(24-13-15-25(16-14-24)40(44)45)38-34-31(35(32)39(21)20-22-9-5-3-6-10-22)27-19-26(41(46)47)17-18-28(27)49-37(34)43/h3-19,30,32-33,35,38H,20H2,1-2H3/t30?,32-,33-,35+/m0/s1. The van der Waals surface area contributed by atoms with Gasteiger partial charge in [-0.1, -0.05) is 72.8 Å². The van der Waals surface area contributed by atoms with Crippen molar-refractivity contribution in [2.75, 3.05) is 12.4 Å². The van der Waals surface area contributed by atoms with Gasteiger partial charge in [-0.15, -0.1) is 0 Å². The molecule has 12 heteroatoms. The Morgan fingerprint density at radius 2 is 1.51 bits per heavy atom. The molecule has 3 heterocycles. The van der Waals surface area contributed by atoms with Crippen LogP contribution in [0.4, 0.5) is 17.1 Å². The van der Waals surface area contributed by atoms with E-state index in [9.17, 15) is 29.8 Å². The van der Waals surface area contributed by atoms with Gasteiger partial charge in [0.2, 0.25) is 0 Å². The number of ether oxygens (including phenoxy) is 1. The van der Waals surface area contributed by atoms with Crippen molar-refractivity contribution in [3.63, 3.8) is 0 Å². The van der Waals surface area contributed by atoms with E-state index in [1.165, 1.54) is 37.4 Å². The summed E-state index contributed by atoms with van der Waals surface area (Å²) in [5, 5.41) is 27.4. The largest absolute Gasteiger partial charge is 0.466 e. The van der Waals surface area contributed by atoms with Crippen molar-refractivity contribution >= 4 is 34.0 Å². The van der Waals surface area contributed by atoms with Crippen molar-refractivity contribution in [2.24, 2.45) is 5.92 Å². The maximum absolute atomic E-state index is 13.9. The van der Waals surface area contributed by atoms with Crippen molar-refractivity contribution in [2.45, 2.75) is 31.5 Å². The van der Waals surface area contributed by atoms with Crippen LogP contribution in [-0.2, 0) is 16.1 Å². The topological polar surface area (TPSA) is 158 Å². The van der Waals surface area contributed by atoms with E-state index in [0.717, 1.165) is 11.1 Å². The number of hydrogen-bond donors (Lipinski definition) is 1. The Hall–Kier alpha value is -6.30. The predicted molar refractivity (Wildman–Crippen MR) is 181 cm³/mol. The van der Waals surface area contributed by atoms with E-state index in [4.69, 9.17) is 9.15 Å². The molecule has 2 aliphatic rings. The normalized spacial score (nSPS) is 19.8. The average molecular weight is 659 g/mol. The fourth-order valence-corrected chi connectivity index (χ4v) is 7.46. The Kier molecular flexibility index (Phi) is 7.91. The first-order valence-corrected chi connectivity index (χ1v) is 15.6. The molecule has 49 heavy (non-hydrogen) atoms. The van der Waals surface area contributed by atoms with Crippen LogP contribution in [0.5, 0.6) is 0 Å². The van der Waals surface area contributed by atoms with Crippen LogP contribution in [0.15, 0.2) is 124 Å². The monoisotopic (exact) mass is 658 g/mol. The zero-order chi connectivity index (χ0) is 34.4. The van der Waals surface area contributed by atoms with Crippen LogP contribution in [0.1, 0.15) is 47.2 Å². The van der Waals surface area contributed by atoms with Crippen molar-refractivity contribution in [3.8, 4) is 0 Å². The number of nitro benzene ring substituents is 2. The molecular weight excluding hydrogens is 628 g/mol. The lowest BCUT2D eigenvalue weighted by Gasteiger charge is -2.53. The van der Waals surface area contributed by atoms with Gasteiger partial charge in [-0.05, 0) is 29.7 Å². The molecule has 1 aromatic heterocycles. The van der Waals surface area contributed by atoms with Gasteiger partial charge in [-0.25, -0.2) is 9.59 Å². The van der Waals surface area contributed by atoms with E-state index in [1.54, 1.807) is 12.1 Å². The minimum atomic E-state index is -0.686. The minimum Gasteiger partial charge on any atom is -0.466 e. The number of esters is 1. The van der Waals surface area contributed by atoms with Crippen molar-refractivity contribution in [3.05, 3.63) is 167 Å². The summed E-state index contributed by atoms with van der Waals surface area (Å²) in [5.41, 5.74) is 3.26. The Bertz CT molecular complexity index is 2200. The van der Waals surface area contributed by atoms with Gasteiger partial charge in [0.25, 0.3) is 11.4 Å². The van der Waals surface area contributed by atoms with Gasteiger partial charge in [-0.3, -0.25) is 20.2 Å². The van der Waals surface area contributed by atoms with Crippen LogP contribution in [0.25, 0.3) is 11.0 Å². The molecule has 0 aliphatic carbocycles. The smallest absolute Gasteiger partial charge is 0.360 e. The number of allylic oxidation sites excluding steroid dienone is 1. The summed E-state index contributed by atoms with van der Waals surface area (Å²) >= 11 is 0. The molecule has 12 nitrogen and oxygen atoms in total. The van der Waals surface area contributed by atoms with Crippen molar-refractivity contribution < 1.29 is 23.8 Å². The zero-order valence-electron chi connectivity index (χ0n) is 26.4. The number of nitrogens with one attached hydrogen (secondary N) is 1. The van der Waals surface area contributed by atoms with E-state index >= 15 is 0 Å². The Morgan fingerprint density at radius 1 is 0.878 bits per heavy atom.